The number of hydrogen-bond donors (Lipinski definition) is 1. The molecule has 0 atom stereocenters. The van der Waals surface area contributed by atoms with Gasteiger partial charge in [-0.3, -0.25) is 4.57 Å². The normalized spacial score (nSPS) is 11.8. The van der Waals surface area contributed by atoms with Crippen LogP contribution >= 0.6 is 0 Å². The third kappa shape index (κ3) is 3.13. The van der Waals surface area contributed by atoms with Gasteiger partial charge < -0.3 is 5.11 Å². The zero-order valence-corrected chi connectivity index (χ0v) is 12.5. The van der Waals surface area contributed by atoms with Crippen molar-refractivity contribution < 1.29 is 23.1 Å². The molecule has 3 nitrogen and oxygen atoms in total. The number of alkyl halides is 3. The van der Waals surface area contributed by atoms with Gasteiger partial charge in [0.2, 0.25) is 0 Å². The molecule has 0 aliphatic carbocycles. The van der Waals surface area contributed by atoms with Crippen LogP contribution in [0.3, 0.4) is 0 Å². The fourth-order valence-corrected chi connectivity index (χ4v) is 2.81. The van der Waals surface area contributed by atoms with Crippen LogP contribution in [0.2, 0.25) is 0 Å². The van der Waals surface area contributed by atoms with Crippen LogP contribution in [0, 0.1) is 0 Å². The Morgan fingerprint density at radius 3 is 2.33 bits per heavy atom. The van der Waals surface area contributed by atoms with Gasteiger partial charge in [0, 0.05) is 11.1 Å². The van der Waals surface area contributed by atoms with Crippen LogP contribution in [0.25, 0.3) is 10.9 Å². The highest BCUT2D eigenvalue weighted by molar-refractivity contribution is 5.94. The van der Waals surface area contributed by atoms with Gasteiger partial charge in [-0.1, -0.05) is 30.3 Å². The van der Waals surface area contributed by atoms with Crippen molar-refractivity contribution in [3.05, 3.63) is 71.4 Å². The fourth-order valence-electron chi connectivity index (χ4n) is 2.81. The van der Waals surface area contributed by atoms with Crippen LogP contribution < -0.4 is 0 Å². The monoisotopic (exact) mass is 333 g/mol. The minimum atomic E-state index is -4.56. The first kappa shape index (κ1) is 16.1. The highest BCUT2D eigenvalue weighted by Crippen LogP contribution is 2.32. The summed E-state index contributed by atoms with van der Waals surface area (Å²) in [5, 5.41) is 9.28. The molecule has 0 bridgehead atoms. The average Bonchev–Trinajstić information content (AvgIpc) is 2.91. The zero-order chi connectivity index (χ0) is 17.3. The molecule has 6 heteroatoms. The Labute approximate surface area is 136 Å². The highest BCUT2D eigenvalue weighted by Gasteiger charge is 2.34. The van der Waals surface area contributed by atoms with E-state index < -0.39 is 12.3 Å². The Hall–Kier alpha value is -2.76. The lowest BCUT2D eigenvalue weighted by atomic mass is 10.1. The van der Waals surface area contributed by atoms with Crippen molar-refractivity contribution >= 4 is 16.9 Å². The second kappa shape index (κ2) is 6.03. The SMILES string of the molecule is O=C(O)c1ccc2c(c1)cc(CCc1ccccc1)n2C(F)(F)F. The van der Waals surface area contributed by atoms with Crippen molar-refractivity contribution in [2.24, 2.45) is 0 Å². The molecule has 1 aromatic heterocycles. The second-order valence-electron chi connectivity index (χ2n) is 5.50. The van der Waals surface area contributed by atoms with E-state index in [1.807, 2.05) is 30.3 Å². The Bertz CT molecular complexity index is 882. The summed E-state index contributed by atoms with van der Waals surface area (Å²) in [6.45, 7) is 0. The number of aromatic nitrogens is 1. The Balaban J connectivity index is 2.03. The first-order chi connectivity index (χ1) is 11.4. The topological polar surface area (TPSA) is 42.2 Å². The number of rotatable bonds is 4. The second-order valence-corrected chi connectivity index (χ2v) is 5.50. The molecule has 3 aromatic rings. The highest BCUT2D eigenvalue weighted by atomic mass is 19.4. The molecule has 0 fully saturated rings. The molecule has 0 unspecified atom stereocenters. The number of carboxylic acid groups (broad SMARTS) is 1. The lowest BCUT2D eigenvalue weighted by Gasteiger charge is -2.14. The minimum absolute atomic E-state index is 0.0311. The van der Waals surface area contributed by atoms with E-state index in [0.29, 0.717) is 11.0 Å². The van der Waals surface area contributed by atoms with E-state index in [0.717, 1.165) is 5.56 Å². The lowest BCUT2D eigenvalue weighted by Crippen LogP contribution is -2.19. The number of halogens is 3. The first-order valence-electron chi connectivity index (χ1n) is 7.35. The molecule has 0 aliphatic heterocycles. The molecule has 0 aliphatic rings. The number of benzene rings is 2. The Morgan fingerprint density at radius 2 is 1.71 bits per heavy atom. The van der Waals surface area contributed by atoms with E-state index in [4.69, 9.17) is 5.11 Å². The maximum absolute atomic E-state index is 13.4. The number of aryl methyl sites for hydroxylation is 2. The Morgan fingerprint density at radius 1 is 1.00 bits per heavy atom. The number of carboxylic acids is 1. The third-order valence-corrected chi connectivity index (χ3v) is 3.89. The summed E-state index contributed by atoms with van der Waals surface area (Å²) >= 11 is 0. The van der Waals surface area contributed by atoms with Gasteiger partial charge in [0.05, 0.1) is 11.1 Å². The van der Waals surface area contributed by atoms with E-state index in [1.165, 1.54) is 24.3 Å². The van der Waals surface area contributed by atoms with Crippen molar-refractivity contribution in [2.45, 2.75) is 19.1 Å². The summed E-state index contributed by atoms with van der Waals surface area (Å²) in [6.07, 6.45) is -3.88. The molecule has 1 heterocycles. The van der Waals surface area contributed by atoms with Crippen molar-refractivity contribution in [1.82, 2.24) is 4.57 Å². The van der Waals surface area contributed by atoms with Gasteiger partial charge >= 0.3 is 12.3 Å². The van der Waals surface area contributed by atoms with Crippen molar-refractivity contribution in [3.63, 3.8) is 0 Å². The summed E-state index contributed by atoms with van der Waals surface area (Å²) < 4.78 is 40.7. The number of hydrogen-bond acceptors (Lipinski definition) is 1. The molecule has 124 valence electrons. The van der Waals surface area contributed by atoms with Crippen molar-refractivity contribution in [3.8, 4) is 0 Å². The van der Waals surface area contributed by atoms with E-state index >= 15 is 0 Å². The molecule has 24 heavy (non-hydrogen) atoms. The van der Waals surface area contributed by atoms with Gasteiger partial charge in [-0.05, 0) is 42.7 Å². The molecule has 0 saturated carbocycles. The van der Waals surface area contributed by atoms with E-state index in [-0.39, 0.29) is 28.6 Å². The van der Waals surface area contributed by atoms with Crippen molar-refractivity contribution in [1.29, 1.82) is 0 Å². The quantitative estimate of drug-likeness (QED) is 0.758. The zero-order valence-electron chi connectivity index (χ0n) is 12.5. The molecule has 3 rings (SSSR count). The average molecular weight is 333 g/mol. The molecule has 0 amide bonds. The summed E-state index contributed by atoms with van der Waals surface area (Å²) in [7, 11) is 0. The maximum atomic E-state index is 13.4. The summed E-state index contributed by atoms with van der Waals surface area (Å²) in [6, 6.07) is 14.3. The van der Waals surface area contributed by atoms with Gasteiger partial charge in [-0.15, -0.1) is 13.2 Å². The van der Waals surface area contributed by atoms with E-state index in [2.05, 4.69) is 0 Å². The predicted molar refractivity (Wildman–Crippen MR) is 84.0 cm³/mol. The number of carbonyl (C=O) groups is 1. The molecule has 2 aromatic carbocycles. The molecular formula is C18H14F3NO2. The van der Waals surface area contributed by atoms with Crippen LogP contribution in [0.15, 0.2) is 54.6 Å². The fraction of sp³-hybridized carbons (Fsp3) is 0.167. The van der Waals surface area contributed by atoms with Crippen LogP contribution in [0.1, 0.15) is 21.6 Å². The first-order valence-corrected chi connectivity index (χ1v) is 7.35. The lowest BCUT2D eigenvalue weighted by molar-refractivity contribution is -0.202. The standard InChI is InChI=1S/C18H14F3NO2/c19-18(20,21)22-15(8-6-12-4-2-1-3-5-12)11-14-10-13(17(23)24)7-9-16(14)22/h1-5,7,9-11H,6,8H2,(H,23,24). The smallest absolute Gasteiger partial charge is 0.478 e. The van der Waals surface area contributed by atoms with Gasteiger partial charge in [0.25, 0.3) is 0 Å². The summed E-state index contributed by atoms with van der Waals surface area (Å²) in [5.74, 6) is -1.16. The third-order valence-electron chi connectivity index (χ3n) is 3.89. The van der Waals surface area contributed by atoms with Crippen LogP contribution in [-0.4, -0.2) is 15.6 Å². The molecule has 0 spiro atoms. The van der Waals surface area contributed by atoms with E-state index in [1.54, 1.807) is 0 Å². The molecular weight excluding hydrogens is 319 g/mol. The molecule has 0 saturated heterocycles. The van der Waals surface area contributed by atoms with Gasteiger partial charge in [0.15, 0.2) is 0 Å². The van der Waals surface area contributed by atoms with Crippen molar-refractivity contribution in [2.75, 3.05) is 0 Å². The van der Waals surface area contributed by atoms with Crippen LogP contribution in [0.4, 0.5) is 13.2 Å². The number of aromatic carboxylic acids is 1. The van der Waals surface area contributed by atoms with Gasteiger partial charge in [-0.25, -0.2) is 4.79 Å². The van der Waals surface area contributed by atoms with Crippen LogP contribution in [-0.2, 0) is 19.1 Å². The van der Waals surface area contributed by atoms with Gasteiger partial charge in [-0.2, -0.15) is 0 Å². The summed E-state index contributed by atoms with van der Waals surface area (Å²) in [4.78, 5) is 11.0. The predicted octanol–water partition coefficient (Wildman–Crippen LogP) is 4.60. The van der Waals surface area contributed by atoms with Gasteiger partial charge in [0.1, 0.15) is 0 Å². The molecule has 1 N–H and O–H groups in total. The van der Waals surface area contributed by atoms with Crippen LogP contribution in [0.5, 0.6) is 0 Å². The largest absolute Gasteiger partial charge is 0.489 e. The Kier molecular flexibility index (Phi) is 4.05. The molecule has 0 radical (unpaired) electrons. The van der Waals surface area contributed by atoms with E-state index in [9.17, 15) is 18.0 Å². The summed E-state index contributed by atoms with van der Waals surface area (Å²) in [5.41, 5.74) is 0.999. The maximum Gasteiger partial charge on any atom is 0.489 e. The minimum Gasteiger partial charge on any atom is -0.478 e. The number of nitrogens with zero attached hydrogens (tertiary/aromatic N) is 1. The number of fused-ring (bicyclic) bond motifs is 1.